The first kappa shape index (κ1) is 15.2. The van der Waals surface area contributed by atoms with Crippen molar-refractivity contribution in [3.63, 3.8) is 0 Å². The number of likely N-dealkylation sites (N-methyl/N-ethyl adjacent to an activating group) is 1. The summed E-state index contributed by atoms with van der Waals surface area (Å²) >= 11 is 0. The molecule has 0 radical (unpaired) electrons. The van der Waals surface area contributed by atoms with Gasteiger partial charge in [0.1, 0.15) is 0 Å². The number of hydrogen-bond acceptors (Lipinski definition) is 3. The van der Waals surface area contributed by atoms with E-state index in [0.717, 1.165) is 13.1 Å². The van der Waals surface area contributed by atoms with Gasteiger partial charge in [-0.05, 0) is 45.9 Å². The van der Waals surface area contributed by atoms with E-state index in [1.54, 1.807) is 0 Å². The zero-order chi connectivity index (χ0) is 15.0. The molecule has 1 aromatic carbocycles. The molecule has 3 heteroatoms. The smallest absolute Gasteiger partial charge is 0.0267 e. The van der Waals surface area contributed by atoms with Gasteiger partial charge in [-0.25, -0.2) is 0 Å². The number of hydroxylamine groups is 2. The summed E-state index contributed by atoms with van der Waals surface area (Å²) in [4.78, 5) is 2.26. The van der Waals surface area contributed by atoms with E-state index in [4.69, 9.17) is 0 Å². The van der Waals surface area contributed by atoms with Crippen LogP contribution >= 0.6 is 0 Å². The highest BCUT2D eigenvalue weighted by Crippen LogP contribution is 2.39. The molecule has 1 aliphatic heterocycles. The lowest BCUT2D eigenvalue weighted by atomic mass is 9.96. The van der Waals surface area contributed by atoms with Crippen molar-refractivity contribution in [1.29, 1.82) is 0 Å². The van der Waals surface area contributed by atoms with E-state index in [2.05, 4.69) is 42.3 Å². The second kappa shape index (κ2) is 5.32. The summed E-state index contributed by atoms with van der Waals surface area (Å²) < 4.78 is 0. The highest BCUT2D eigenvalue weighted by atomic mass is 16.5. The third-order valence-electron chi connectivity index (χ3n) is 4.08. The SMILES string of the molecule is CN(CC1=CC(C)(C)N([O-])C1(C)C)Cc1ccccc1. The van der Waals surface area contributed by atoms with Gasteiger partial charge in [-0.3, -0.25) is 4.90 Å². The van der Waals surface area contributed by atoms with Gasteiger partial charge in [0, 0.05) is 24.2 Å². The lowest BCUT2D eigenvalue weighted by Crippen LogP contribution is -2.47. The first-order valence-corrected chi connectivity index (χ1v) is 7.15. The fourth-order valence-corrected chi connectivity index (χ4v) is 2.99. The quantitative estimate of drug-likeness (QED) is 0.787. The Morgan fingerprint density at radius 3 is 2.15 bits per heavy atom. The highest BCUT2D eigenvalue weighted by molar-refractivity contribution is 5.32. The maximum absolute atomic E-state index is 12.3. The summed E-state index contributed by atoms with van der Waals surface area (Å²) in [6.45, 7) is 9.70. The largest absolute Gasteiger partial charge is 0.784 e. The van der Waals surface area contributed by atoms with Crippen LogP contribution in [0.3, 0.4) is 0 Å². The minimum atomic E-state index is -0.422. The van der Waals surface area contributed by atoms with E-state index in [0.29, 0.717) is 0 Å². The van der Waals surface area contributed by atoms with E-state index < -0.39 is 11.1 Å². The molecule has 0 unspecified atom stereocenters. The predicted octanol–water partition coefficient (Wildman–Crippen LogP) is 3.42. The van der Waals surface area contributed by atoms with Crippen molar-refractivity contribution in [2.75, 3.05) is 13.6 Å². The monoisotopic (exact) mass is 273 g/mol. The summed E-state index contributed by atoms with van der Waals surface area (Å²) in [6.07, 6.45) is 2.13. The molecule has 1 heterocycles. The maximum atomic E-state index is 12.3. The number of nitrogens with zero attached hydrogens (tertiary/aromatic N) is 2. The molecule has 0 aromatic heterocycles. The van der Waals surface area contributed by atoms with Crippen molar-refractivity contribution in [3.05, 3.63) is 52.8 Å². The second-order valence-corrected chi connectivity index (χ2v) is 6.83. The Labute approximate surface area is 122 Å². The molecule has 0 saturated heterocycles. The Balaban J connectivity index is 2.06. The molecule has 0 aliphatic carbocycles. The van der Waals surface area contributed by atoms with E-state index >= 15 is 0 Å². The molecular weight excluding hydrogens is 248 g/mol. The van der Waals surface area contributed by atoms with Crippen LogP contribution in [0.5, 0.6) is 0 Å². The van der Waals surface area contributed by atoms with Gasteiger partial charge < -0.3 is 10.3 Å². The van der Waals surface area contributed by atoms with Crippen LogP contribution in [0.15, 0.2) is 42.0 Å². The van der Waals surface area contributed by atoms with E-state index in [9.17, 15) is 5.21 Å². The topological polar surface area (TPSA) is 29.5 Å². The minimum Gasteiger partial charge on any atom is -0.784 e. The zero-order valence-corrected chi connectivity index (χ0v) is 13.2. The molecular formula is C17H25N2O-. The Morgan fingerprint density at radius 2 is 1.65 bits per heavy atom. The molecule has 20 heavy (non-hydrogen) atoms. The van der Waals surface area contributed by atoms with Crippen LogP contribution in [-0.4, -0.2) is 34.6 Å². The zero-order valence-electron chi connectivity index (χ0n) is 13.2. The lowest BCUT2D eigenvalue weighted by Gasteiger charge is -2.48. The van der Waals surface area contributed by atoms with E-state index in [-0.39, 0.29) is 0 Å². The normalized spacial score (nSPS) is 21.2. The summed E-state index contributed by atoms with van der Waals surface area (Å²) in [7, 11) is 2.10. The molecule has 2 rings (SSSR count). The predicted molar refractivity (Wildman–Crippen MR) is 84.2 cm³/mol. The number of hydrogen-bond donors (Lipinski definition) is 0. The third-order valence-corrected chi connectivity index (χ3v) is 4.08. The van der Waals surface area contributed by atoms with Crippen LogP contribution in [0.2, 0.25) is 0 Å². The average molecular weight is 273 g/mol. The van der Waals surface area contributed by atoms with Gasteiger partial charge >= 0.3 is 0 Å². The van der Waals surface area contributed by atoms with Gasteiger partial charge in [0.2, 0.25) is 0 Å². The van der Waals surface area contributed by atoms with Gasteiger partial charge in [-0.2, -0.15) is 0 Å². The van der Waals surface area contributed by atoms with Gasteiger partial charge in [-0.1, -0.05) is 36.4 Å². The number of rotatable bonds is 4. The molecule has 1 aliphatic rings. The molecule has 0 spiro atoms. The van der Waals surface area contributed by atoms with Crippen LogP contribution < -0.4 is 0 Å². The van der Waals surface area contributed by atoms with E-state index in [1.165, 1.54) is 16.2 Å². The molecule has 0 bridgehead atoms. The lowest BCUT2D eigenvalue weighted by molar-refractivity contribution is 0.153. The van der Waals surface area contributed by atoms with Crippen molar-refractivity contribution in [2.45, 2.75) is 45.3 Å². The first-order valence-electron chi connectivity index (χ1n) is 7.15. The Hall–Kier alpha value is -1.16. The van der Waals surface area contributed by atoms with Gasteiger partial charge in [0.05, 0.1) is 0 Å². The van der Waals surface area contributed by atoms with Crippen LogP contribution in [0.4, 0.5) is 0 Å². The molecule has 1 aromatic rings. The van der Waals surface area contributed by atoms with Crippen molar-refractivity contribution in [1.82, 2.24) is 9.96 Å². The molecule has 0 saturated carbocycles. The Bertz CT molecular complexity index is 491. The maximum Gasteiger partial charge on any atom is 0.0267 e. The van der Waals surface area contributed by atoms with Crippen LogP contribution in [0, 0.1) is 5.21 Å². The van der Waals surface area contributed by atoms with Crippen LogP contribution in [0.1, 0.15) is 33.3 Å². The van der Waals surface area contributed by atoms with Crippen molar-refractivity contribution >= 4 is 0 Å². The average Bonchev–Trinajstić information content (AvgIpc) is 2.51. The minimum absolute atomic E-state index is 0.410. The first-order chi connectivity index (χ1) is 9.23. The standard InChI is InChI=1S/C17H25N2O/c1-16(2)11-15(17(3,4)19(16)20)13-18(5)12-14-9-7-6-8-10-14/h6-11H,12-13H2,1-5H3/q-1. The highest BCUT2D eigenvalue weighted by Gasteiger charge is 2.39. The Morgan fingerprint density at radius 1 is 1.05 bits per heavy atom. The van der Waals surface area contributed by atoms with Crippen molar-refractivity contribution < 1.29 is 0 Å². The summed E-state index contributed by atoms with van der Waals surface area (Å²) in [6, 6.07) is 10.4. The van der Waals surface area contributed by atoms with Gasteiger partial charge in [0.25, 0.3) is 0 Å². The fraction of sp³-hybridized carbons (Fsp3) is 0.529. The van der Waals surface area contributed by atoms with Gasteiger partial charge in [0.15, 0.2) is 0 Å². The summed E-state index contributed by atoms with van der Waals surface area (Å²) in [5, 5.41) is 13.6. The molecule has 0 amide bonds. The van der Waals surface area contributed by atoms with Crippen molar-refractivity contribution in [2.24, 2.45) is 0 Å². The molecule has 110 valence electrons. The third kappa shape index (κ3) is 2.95. The Kier molecular flexibility index (Phi) is 4.05. The van der Waals surface area contributed by atoms with Crippen LogP contribution in [0.25, 0.3) is 0 Å². The molecule has 3 nitrogen and oxygen atoms in total. The summed E-state index contributed by atoms with van der Waals surface area (Å²) in [5.41, 5.74) is 1.67. The number of benzene rings is 1. The van der Waals surface area contributed by atoms with E-state index in [1.807, 2.05) is 33.8 Å². The summed E-state index contributed by atoms with van der Waals surface area (Å²) in [5.74, 6) is 0. The second-order valence-electron chi connectivity index (χ2n) is 6.83. The molecule has 0 atom stereocenters. The molecule has 0 N–H and O–H groups in total. The van der Waals surface area contributed by atoms with Crippen LogP contribution in [-0.2, 0) is 6.54 Å². The van der Waals surface area contributed by atoms with Gasteiger partial charge in [-0.15, -0.1) is 0 Å². The molecule has 0 fully saturated rings. The van der Waals surface area contributed by atoms with Crippen molar-refractivity contribution in [3.8, 4) is 0 Å². The fourth-order valence-electron chi connectivity index (χ4n) is 2.99.